The Hall–Kier alpha value is -1.95. The number of carbonyl (C=O) groups excluding carboxylic acids is 1. The zero-order chi connectivity index (χ0) is 13.8. The van der Waals surface area contributed by atoms with E-state index in [1.165, 1.54) is 0 Å². The van der Waals surface area contributed by atoms with E-state index in [4.69, 9.17) is 15.2 Å². The Morgan fingerprint density at radius 1 is 1.47 bits per heavy atom. The van der Waals surface area contributed by atoms with Crippen molar-refractivity contribution in [2.45, 2.75) is 25.9 Å². The number of ether oxygens (including phenoxy) is 2. The SMILES string of the molecule is CCCC(O)CNC(=O)c1cc2c(cc1N)OCO2. The molecule has 0 aliphatic carbocycles. The second-order valence-corrected chi connectivity index (χ2v) is 4.45. The molecule has 0 bridgehead atoms. The van der Waals surface area contributed by atoms with Crippen LogP contribution in [0.25, 0.3) is 0 Å². The lowest BCUT2D eigenvalue weighted by Crippen LogP contribution is -2.32. The van der Waals surface area contributed by atoms with Crippen molar-refractivity contribution in [1.29, 1.82) is 0 Å². The van der Waals surface area contributed by atoms with Gasteiger partial charge >= 0.3 is 0 Å². The molecule has 1 heterocycles. The summed E-state index contributed by atoms with van der Waals surface area (Å²) in [6.45, 7) is 2.32. The number of hydrogen-bond donors (Lipinski definition) is 3. The summed E-state index contributed by atoms with van der Waals surface area (Å²) >= 11 is 0. The maximum atomic E-state index is 12.0. The van der Waals surface area contributed by atoms with Crippen molar-refractivity contribution >= 4 is 11.6 Å². The molecule has 0 radical (unpaired) electrons. The number of carbonyl (C=O) groups is 1. The number of aliphatic hydroxyl groups is 1. The number of nitrogens with two attached hydrogens (primary N) is 1. The molecule has 1 aliphatic heterocycles. The molecule has 2 rings (SSSR count). The third kappa shape index (κ3) is 3.08. The molecule has 1 aromatic carbocycles. The van der Waals surface area contributed by atoms with E-state index in [0.717, 1.165) is 6.42 Å². The number of fused-ring (bicyclic) bond motifs is 1. The summed E-state index contributed by atoms with van der Waals surface area (Å²) < 4.78 is 10.4. The van der Waals surface area contributed by atoms with Crippen LogP contribution in [0.2, 0.25) is 0 Å². The van der Waals surface area contributed by atoms with Gasteiger partial charge in [0.2, 0.25) is 6.79 Å². The van der Waals surface area contributed by atoms with Gasteiger partial charge in [0.05, 0.1) is 11.7 Å². The lowest BCUT2D eigenvalue weighted by molar-refractivity contribution is 0.0910. The third-order valence-electron chi connectivity index (χ3n) is 2.91. The Morgan fingerprint density at radius 3 is 2.84 bits per heavy atom. The van der Waals surface area contributed by atoms with Crippen LogP contribution in [0, 0.1) is 0 Å². The van der Waals surface area contributed by atoms with E-state index in [2.05, 4.69) is 5.32 Å². The van der Waals surface area contributed by atoms with E-state index in [9.17, 15) is 9.90 Å². The molecule has 104 valence electrons. The molecule has 19 heavy (non-hydrogen) atoms. The normalized spacial score (nSPS) is 14.2. The molecule has 0 fully saturated rings. The van der Waals surface area contributed by atoms with Crippen LogP contribution in [0.3, 0.4) is 0 Å². The first-order valence-corrected chi connectivity index (χ1v) is 6.27. The molecule has 1 atom stereocenters. The maximum Gasteiger partial charge on any atom is 0.253 e. The van der Waals surface area contributed by atoms with Crippen molar-refractivity contribution in [3.05, 3.63) is 17.7 Å². The van der Waals surface area contributed by atoms with Crippen LogP contribution in [0.15, 0.2) is 12.1 Å². The minimum atomic E-state index is -0.538. The fourth-order valence-corrected chi connectivity index (χ4v) is 1.90. The molecular weight excluding hydrogens is 248 g/mol. The van der Waals surface area contributed by atoms with Crippen LogP contribution in [0.5, 0.6) is 11.5 Å². The number of aliphatic hydroxyl groups excluding tert-OH is 1. The van der Waals surface area contributed by atoms with Gasteiger partial charge in [-0.2, -0.15) is 0 Å². The number of nitrogens with one attached hydrogen (secondary N) is 1. The van der Waals surface area contributed by atoms with Crippen molar-refractivity contribution < 1.29 is 19.4 Å². The average molecular weight is 266 g/mol. The van der Waals surface area contributed by atoms with Crippen LogP contribution in [-0.2, 0) is 0 Å². The number of anilines is 1. The summed E-state index contributed by atoms with van der Waals surface area (Å²) in [6.07, 6.45) is 0.976. The molecule has 0 spiro atoms. The summed E-state index contributed by atoms with van der Waals surface area (Å²) in [6, 6.07) is 3.12. The van der Waals surface area contributed by atoms with Crippen molar-refractivity contribution in [3.63, 3.8) is 0 Å². The minimum Gasteiger partial charge on any atom is -0.454 e. The number of benzene rings is 1. The fourth-order valence-electron chi connectivity index (χ4n) is 1.90. The Balaban J connectivity index is 2.03. The van der Waals surface area contributed by atoms with Gasteiger partial charge in [0.15, 0.2) is 11.5 Å². The fraction of sp³-hybridized carbons (Fsp3) is 0.462. The van der Waals surface area contributed by atoms with Gasteiger partial charge in [-0.3, -0.25) is 4.79 Å². The Kier molecular flexibility index (Phi) is 4.11. The summed E-state index contributed by atoms with van der Waals surface area (Å²) in [5.41, 5.74) is 6.45. The summed E-state index contributed by atoms with van der Waals surface area (Å²) in [5, 5.41) is 12.2. The van der Waals surface area contributed by atoms with E-state index in [1.54, 1.807) is 12.1 Å². The van der Waals surface area contributed by atoms with Gasteiger partial charge in [-0.05, 0) is 12.5 Å². The predicted octanol–water partition coefficient (Wildman–Crippen LogP) is 0.888. The topological polar surface area (TPSA) is 93.8 Å². The Bertz CT molecular complexity index is 476. The highest BCUT2D eigenvalue weighted by molar-refractivity contribution is 6.00. The van der Waals surface area contributed by atoms with Gasteiger partial charge in [0.25, 0.3) is 5.91 Å². The Labute approximate surface area is 111 Å². The molecule has 1 aliphatic rings. The van der Waals surface area contributed by atoms with E-state index >= 15 is 0 Å². The first-order valence-electron chi connectivity index (χ1n) is 6.27. The van der Waals surface area contributed by atoms with Crippen molar-refractivity contribution in [2.75, 3.05) is 19.1 Å². The predicted molar refractivity (Wildman–Crippen MR) is 70.2 cm³/mol. The second kappa shape index (κ2) is 5.79. The number of amides is 1. The lowest BCUT2D eigenvalue weighted by atomic mass is 10.1. The molecule has 1 amide bonds. The van der Waals surface area contributed by atoms with Gasteiger partial charge in [0.1, 0.15) is 0 Å². The molecule has 0 saturated heterocycles. The van der Waals surface area contributed by atoms with Crippen LogP contribution in [0.4, 0.5) is 5.69 Å². The zero-order valence-electron chi connectivity index (χ0n) is 10.8. The number of hydrogen-bond acceptors (Lipinski definition) is 5. The highest BCUT2D eigenvalue weighted by Gasteiger charge is 2.19. The standard InChI is InChI=1S/C13H18N2O4/c1-2-3-8(16)6-15-13(17)9-4-11-12(5-10(9)14)19-7-18-11/h4-5,8,16H,2-3,6-7,14H2,1H3,(H,15,17). The minimum absolute atomic E-state index is 0.134. The average Bonchev–Trinajstić information content (AvgIpc) is 2.82. The van der Waals surface area contributed by atoms with Crippen molar-refractivity contribution in [3.8, 4) is 11.5 Å². The highest BCUT2D eigenvalue weighted by atomic mass is 16.7. The molecule has 6 heteroatoms. The monoisotopic (exact) mass is 266 g/mol. The summed E-state index contributed by atoms with van der Waals surface area (Å²) in [5.74, 6) is 0.722. The lowest BCUT2D eigenvalue weighted by Gasteiger charge is -2.12. The molecule has 0 aromatic heterocycles. The number of rotatable bonds is 5. The van der Waals surface area contributed by atoms with Crippen LogP contribution in [-0.4, -0.2) is 30.5 Å². The van der Waals surface area contributed by atoms with Crippen molar-refractivity contribution in [1.82, 2.24) is 5.32 Å². The number of nitrogen functional groups attached to an aromatic ring is 1. The van der Waals surface area contributed by atoms with E-state index < -0.39 is 6.10 Å². The van der Waals surface area contributed by atoms with Gasteiger partial charge in [-0.25, -0.2) is 0 Å². The molecule has 1 unspecified atom stereocenters. The second-order valence-electron chi connectivity index (χ2n) is 4.45. The smallest absolute Gasteiger partial charge is 0.253 e. The van der Waals surface area contributed by atoms with Gasteiger partial charge in [-0.1, -0.05) is 13.3 Å². The van der Waals surface area contributed by atoms with Crippen LogP contribution < -0.4 is 20.5 Å². The van der Waals surface area contributed by atoms with E-state index in [-0.39, 0.29) is 19.2 Å². The van der Waals surface area contributed by atoms with Crippen LogP contribution in [0.1, 0.15) is 30.1 Å². The van der Waals surface area contributed by atoms with E-state index in [1.807, 2.05) is 6.92 Å². The van der Waals surface area contributed by atoms with Crippen molar-refractivity contribution in [2.24, 2.45) is 0 Å². The molecule has 1 aromatic rings. The summed E-state index contributed by atoms with van der Waals surface area (Å²) in [4.78, 5) is 12.0. The van der Waals surface area contributed by atoms with Gasteiger partial charge in [0, 0.05) is 18.3 Å². The summed E-state index contributed by atoms with van der Waals surface area (Å²) in [7, 11) is 0. The highest BCUT2D eigenvalue weighted by Crippen LogP contribution is 2.35. The molecule has 4 N–H and O–H groups in total. The van der Waals surface area contributed by atoms with Gasteiger partial charge in [-0.15, -0.1) is 0 Å². The van der Waals surface area contributed by atoms with E-state index in [0.29, 0.717) is 29.2 Å². The molecule has 6 nitrogen and oxygen atoms in total. The van der Waals surface area contributed by atoms with Crippen LogP contribution >= 0.6 is 0 Å². The third-order valence-corrected chi connectivity index (χ3v) is 2.91. The first kappa shape index (κ1) is 13.5. The quantitative estimate of drug-likeness (QED) is 0.688. The Morgan fingerprint density at radius 2 is 2.16 bits per heavy atom. The maximum absolute atomic E-state index is 12.0. The first-order chi connectivity index (χ1) is 9.11. The molecule has 0 saturated carbocycles. The molecular formula is C13H18N2O4. The van der Waals surface area contributed by atoms with Gasteiger partial charge < -0.3 is 25.6 Å². The zero-order valence-corrected chi connectivity index (χ0v) is 10.8. The largest absolute Gasteiger partial charge is 0.454 e.